The van der Waals surface area contributed by atoms with Crippen LogP contribution in [0.3, 0.4) is 0 Å². The summed E-state index contributed by atoms with van der Waals surface area (Å²) in [4.78, 5) is 11.4. The molecule has 0 saturated heterocycles. The largest absolute Gasteiger partial charge is 0.393 e. The Labute approximate surface area is 89.7 Å². The Morgan fingerprint density at radius 3 is 2.60 bits per heavy atom. The maximum Gasteiger partial charge on any atom is 0.221 e. The molecule has 1 aliphatic carbocycles. The van der Waals surface area contributed by atoms with E-state index in [1.165, 1.54) is 6.92 Å². The van der Waals surface area contributed by atoms with Crippen molar-refractivity contribution in [2.75, 3.05) is 13.2 Å². The number of hydrogen-bond acceptors (Lipinski definition) is 4. The molecule has 5 heteroatoms. The number of aliphatic hydroxyl groups excluding tert-OH is 1. The van der Waals surface area contributed by atoms with E-state index in [1.54, 1.807) is 0 Å². The summed E-state index contributed by atoms with van der Waals surface area (Å²) in [6.07, 6.45) is 3.15. The van der Waals surface area contributed by atoms with Gasteiger partial charge in [-0.15, -0.1) is 0 Å². The lowest BCUT2D eigenvalue weighted by atomic mass is 9.75. The Bertz CT molecular complexity index is 237. The highest BCUT2D eigenvalue weighted by Crippen LogP contribution is 2.31. The number of nitrogens with one attached hydrogen (secondary N) is 1. The molecule has 0 aromatic carbocycles. The fourth-order valence-corrected chi connectivity index (χ4v) is 1.53. The van der Waals surface area contributed by atoms with Crippen molar-refractivity contribution in [3.05, 3.63) is 0 Å². The predicted molar refractivity (Wildman–Crippen MR) is 56.1 cm³/mol. The molecule has 0 bridgehead atoms. The number of carbonyl (C=O) groups excluding carboxylic acids is 1. The van der Waals surface area contributed by atoms with Gasteiger partial charge in [0.25, 0.3) is 0 Å². The van der Waals surface area contributed by atoms with Crippen LogP contribution in [0.1, 0.15) is 32.6 Å². The van der Waals surface area contributed by atoms with E-state index >= 15 is 0 Å². The van der Waals surface area contributed by atoms with E-state index in [1.807, 2.05) is 0 Å². The van der Waals surface area contributed by atoms with Crippen LogP contribution in [0.25, 0.3) is 0 Å². The zero-order chi connectivity index (χ0) is 11.5. The van der Waals surface area contributed by atoms with Crippen LogP contribution in [0, 0.1) is 0 Å². The van der Waals surface area contributed by atoms with Gasteiger partial charge in [-0.05, 0) is 26.2 Å². The zero-order valence-electron chi connectivity index (χ0n) is 9.12. The summed E-state index contributed by atoms with van der Waals surface area (Å²) < 4.78 is 0. The van der Waals surface area contributed by atoms with E-state index in [2.05, 4.69) is 5.32 Å². The topological polar surface area (TPSA) is 95.6 Å². The van der Waals surface area contributed by atoms with Gasteiger partial charge in [0.1, 0.15) is 5.60 Å². The van der Waals surface area contributed by atoms with Crippen molar-refractivity contribution >= 4 is 5.91 Å². The van der Waals surface area contributed by atoms with E-state index in [0.29, 0.717) is 6.42 Å². The van der Waals surface area contributed by atoms with Crippen molar-refractivity contribution in [3.8, 4) is 0 Å². The molecule has 1 saturated carbocycles. The third kappa shape index (κ3) is 3.77. The van der Waals surface area contributed by atoms with Gasteiger partial charge in [0.2, 0.25) is 5.91 Å². The molecule has 5 N–H and O–H groups in total. The van der Waals surface area contributed by atoms with Gasteiger partial charge in [0, 0.05) is 18.5 Å². The van der Waals surface area contributed by atoms with Gasteiger partial charge in [-0.3, -0.25) is 4.79 Å². The zero-order valence-corrected chi connectivity index (χ0v) is 9.12. The smallest absolute Gasteiger partial charge is 0.221 e. The van der Waals surface area contributed by atoms with Crippen molar-refractivity contribution in [1.82, 2.24) is 5.32 Å². The second-order valence-electron chi connectivity index (χ2n) is 4.82. The normalized spacial score (nSPS) is 22.7. The van der Waals surface area contributed by atoms with Crippen molar-refractivity contribution < 1.29 is 15.0 Å². The molecule has 15 heavy (non-hydrogen) atoms. The Kier molecular flexibility index (Phi) is 3.70. The van der Waals surface area contributed by atoms with Gasteiger partial charge >= 0.3 is 0 Å². The molecule has 88 valence electrons. The summed E-state index contributed by atoms with van der Waals surface area (Å²) >= 11 is 0. The van der Waals surface area contributed by atoms with Crippen LogP contribution in [0.5, 0.6) is 0 Å². The number of rotatable bonds is 5. The SMILES string of the molecule is CC(O)(CO)CNC(=O)CC1(N)CCC1. The molecule has 1 amide bonds. The molecule has 1 rings (SSSR count). The Morgan fingerprint density at radius 1 is 1.60 bits per heavy atom. The van der Waals surface area contributed by atoms with Gasteiger partial charge < -0.3 is 21.3 Å². The number of amides is 1. The number of carbonyl (C=O) groups is 1. The van der Waals surface area contributed by atoms with E-state index in [9.17, 15) is 9.90 Å². The monoisotopic (exact) mass is 216 g/mol. The fraction of sp³-hybridized carbons (Fsp3) is 0.900. The number of nitrogens with two attached hydrogens (primary N) is 1. The van der Waals surface area contributed by atoms with E-state index in [4.69, 9.17) is 10.8 Å². The van der Waals surface area contributed by atoms with Crippen LogP contribution in [-0.2, 0) is 4.79 Å². The minimum Gasteiger partial charge on any atom is -0.393 e. The molecule has 0 aliphatic heterocycles. The molecular weight excluding hydrogens is 196 g/mol. The van der Waals surface area contributed by atoms with E-state index < -0.39 is 5.60 Å². The summed E-state index contributed by atoms with van der Waals surface area (Å²) in [6, 6.07) is 0. The van der Waals surface area contributed by atoms with Gasteiger partial charge in [0.05, 0.1) is 6.61 Å². The first-order chi connectivity index (χ1) is 6.87. The van der Waals surface area contributed by atoms with Crippen LogP contribution in [0.15, 0.2) is 0 Å². The lowest BCUT2D eigenvalue weighted by Gasteiger charge is -2.37. The van der Waals surface area contributed by atoms with Crippen molar-refractivity contribution in [2.45, 2.75) is 43.7 Å². The molecule has 1 aliphatic rings. The summed E-state index contributed by atoms with van der Waals surface area (Å²) in [7, 11) is 0. The first-order valence-electron chi connectivity index (χ1n) is 5.26. The molecule has 1 fully saturated rings. The Hall–Kier alpha value is -0.650. The Balaban J connectivity index is 2.24. The third-order valence-corrected chi connectivity index (χ3v) is 2.87. The Morgan fingerprint density at radius 2 is 2.20 bits per heavy atom. The minimum atomic E-state index is -1.25. The number of hydrogen-bond donors (Lipinski definition) is 4. The molecule has 0 spiro atoms. The summed E-state index contributed by atoms with van der Waals surface area (Å²) in [5.74, 6) is -0.161. The average Bonchev–Trinajstić information content (AvgIpc) is 2.13. The highest BCUT2D eigenvalue weighted by Gasteiger charge is 2.34. The summed E-state index contributed by atoms with van der Waals surface area (Å²) in [6.45, 7) is 1.15. The average molecular weight is 216 g/mol. The van der Waals surface area contributed by atoms with Gasteiger partial charge in [-0.1, -0.05) is 0 Å². The maximum atomic E-state index is 11.4. The second kappa shape index (κ2) is 4.47. The van der Waals surface area contributed by atoms with E-state index in [-0.39, 0.29) is 24.6 Å². The van der Waals surface area contributed by atoms with Crippen molar-refractivity contribution in [1.29, 1.82) is 0 Å². The molecule has 0 aromatic heterocycles. The lowest BCUT2D eigenvalue weighted by Crippen LogP contribution is -2.51. The van der Waals surface area contributed by atoms with Crippen molar-refractivity contribution in [3.63, 3.8) is 0 Å². The molecule has 0 heterocycles. The first-order valence-corrected chi connectivity index (χ1v) is 5.26. The molecular formula is C10H20N2O3. The molecule has 0 radical (unpaired) electrons. The van der Waals surface area contributed by atoms with Crippen LogP contribution in [-0.4, -0.2) is 40.4 Å². The third-order valence-electron chi connectivity index (χ3n) is 2.87. The van der Waals surface area contributed by atoms with Gasteiger partial charge in [-0.25, -0.2) is 0 Å². The highest BCUT2D eigenvalue weighted by molar-refractivity contribution is 5.77. The molecule has 1 atom stereocenters. The van der Waals surface area contributed by atoms with Crippen LogP contribution >= 0.6 is 0 Å². The fourth-order valence-electron chi connectivity index (χ4n) is 1.53. The minimum absolute atomic E-state index is 0.0540. The lowest BCUT2D eigenvalue weighted by molar-refractivity contribution is -0.124. The summed E-state index contributed by atoms with van der Waals surface area (Å²) in [5.41, 5.74) is 4.31. The first kappa shape index (κ1) is 12.4. The predicted octanol–water partition coefficient (Wildman–Crippen LogP) is -0.883. The van der Waals surface area contributed by atoms with Crippen LogP contribution in [0.4, 0.5) is 0 Å². The standard InChI is InChI=1S/C10H20N2O3/c1-9(15,7-13)6-12-8(14)5-10(11)3-2-4-10/h13,15H,2-7,11H2,1H3,(H,12,14). The molecule has 5 nitrogen and oxygen atoms in total. The van der Waals surface area contributed by atoms with Crippen molar-refractivity contribution in [2.24, 2.45) is 5.73 Å². The number of aliphatic hydroxyl groups is 2. The summed E-state index contributed by atoms with van der Waals surface area (Å²) in [5, 5.41) is 20.8. The second-order valence-corrected chi connectivity index (χ2v) is 4.82. The van der Waals surface area contributed by atoms with Gasteiger partial charge in [0.15, 0.2) is 0 Å². The molecule has 0 aromatic rings. The van der Waals surface area contributed by atoms with Crippen LogP contribution in [0.2, 0.25) is 0 Å². The molecule has 1 unspecified atom stereocenters. The highest BCUT2D eigenvalue weighted by atomic mass is 16.3. The van der Waals surface area contributed by atoms with Gasteiger partial charge in [-0.2, -0.15) is 0 Å². The maximum absolute atomic E-state index is 11.4. The van der Waals surface area contributed by atoms with E-state index in [0.717, 1.165) is 19.3 Å². The van der Waals surface area contributed by atoms with Crippen LogP contribution < -0.4 is 11.1 Å². The quantitative estimate of drug-likeness (QED) is 0.480.